The van der Waals surface area contributed by atoms with Crippen LogP contribution in [0.15, 0.2) is 60.7 Å². The Labute approximate surface area is 201 Å². The molecule has 10 heteroatoms. The number of nitrogens with one attached hydrogen (secondary N) is 2. The molecule has 184 valence electrons. The molecule has 3 aromatic rings. The Hall–Kier alpha value is -3.37. The van der Waals surface area contributed by atoms with Gasteiger partial charge in [0.2, 0.25) is 10.0 Å². The van der Waals surface area contributed by atoms with Crippen molar-refractivity contribution in [1.82, 2.24) is 4.72 Å². The molecule has 3 aromatic carbocycles. The molecule has 0 fully saturated rings. The van der Waals surface area contributed by atoms with Gasteiger partial charge in [-0.1, -0.05) is 24.3 Å². The number of carbonyl (C=O) groups is 1. The van der Waals surface area contributed by atoms with Crippen LogP contribution in [0.4, 0.5) is 18.9 Å². The molecule has 0 radical (unpaired) electrons. The van der Waals surface area contributed by atoms with Crippen molar-refractivity contribution in [2.75, 3.05) is 18.7 Å². The molecule has 35 heavy (non-hydrogen) atoms. The van der Waals surface area contributed by atoms with E-state index in [1.807, 2.05) is 6.07 Å². The SMILES string of the molecule is COc1cccc(C(=O)Nc2ccc3c(c2)CC(NS(C)(=O)=O)C3)c1-c1ccc(C(F)(F)F)cc1. The van der Waals surface area contributed by atoms with Gasteiger partial charge in [-0.15, -0.1) is 0 Å². The van der Waals surface area contributed by atoms with Gasteiger partial charge in [-0.05, 0) is 65.9 Å². The monoisotopic (exact) mass is 504 g/mol. The predicted octanol–water partition coefficient (Wildman–Crippen LogP) is 4.65. The normalized spacial score (nSPS) is 15.5. The van der Waals surface area contributed by atoms with Gasteiger partial charge in [0.05, 0.1) is 24.5 Å². The maximum atomic E-state index is 13.2. The standard InChI is InChI=1S/C25H23F3N2O4S/c1-34-22-5-3-4-21(23(22)15-6-9-18(10-7-15)25(26,27)28)24(31)29-19-11-8-16-12-20(14-17(16)13-19)30-35(2,32)33/h3-11,13,20,30H,12,14H2,1-2H3,(H,29,31). The van der Waals surface area contributed by atoms with E-state index in [-0.39, 0.29) is 11.6 Å². The van der Waals surface area contributed by atoms with Gasteiger partial charge in [-0.3, -0.25) is 4.79 Å². The first-order valence-electron chi connectivity index (χ1n) is 10.7. The molecule has 0 saturated heterocycles. The van der Waals surface area contributed by atoms with E-state index < -0.39 is 27.7 Å². The largest absolute Gasteiger partial charge is 0.496 e. The van der Waals surface area contributed by atoms with Crippen LogP contribution in [0.2, 0.25) is 0 Å². The zero-order chi connectivity index (χ0) is 25.4. The summed E-state index contributed by atoms with van der Waals surface area (Å²) in [6.07, 6.45) is -2.29. The Morgan fingerprint density at radius 2 is 1.69 bits per heavy atom. The molecule has 1 atom stereocenters. The first-order valence-corrected chi connectivity index (χ1v) is 12.6. The van der Waals surface area contributed by atoms with Crippen LogP contribution in [0, 0.1) is 0 Å². The summed E-state index contributed by atoms with van der Waals surface area (Å²) in [5.41, 5.74) is 2.68. The number of hydrogen-bond donors (Lipinski definition) is 2. The molecule has 0 aromatic heterocycles. The lowest BCUT2D eigenvalue weighted by Crippen LogP contribution is -2.34. The number of benzene rings is 3. The highest BCUT2D eigenvalue weighted by Gasteiger charge is 2.30. The van der Waals surface area contributed by atoms with Crippen LogP contribution in [0.3, 0.4) is 0 Å². The summed E-state index contributed by atoms with van der Waals surface area (Å²) >= 11 is 0. The van der Waals surface area contributed by atoms with E-state index in [1.165, 1.54) is 19.2 Å². The fourth-order valence-corrected chi connectivity index (χ4v) is 5.07. The van der Waals surface area contributed by atoms with Crippen molar-refractivity contribution in [2.45, 2.75) is 25.1 Å². The molecule has 0 aliphatic heterocycles. The first-order chi connectivity index (χ1) is 16.4. The van der Waals surface area contributed by atoms with Crippen LogP contribution in [0.25, 0.3) is 11.1 Å². The van der Waals surface area contributed by atoms with E-state index in [0.29, 0.717) is 35.4 Å². The fourth-order valence-electron chi connectivity index (χ4n) is 4.29. The first kappa shape index (κ1) is 24.7. The van der Waals surface area contributed by atoms with Crippen molar-refractivity contribution in [3.05, 3.63) is 82.9 Å². The van der Waals surface area contributed by atoms with Gasteiger partial charge < -0.3 is 10.1 Å². The van der Waals surface area contributed by atoms with E-state index in [2.05, 4.69) is 10.0 Å². The van der Waals surface area contributed by atoms with Crippen LogP contribution in [0.5, 0.6) is 5.75 Å². The highest BCUT2D eigenvalue weighted by Crippen LogP contribution is 2.36. The number of sulfonamides is 1. The van der Waals surface area contributed by atoms with Crippen molar-refractivity contribution in [3.8, 4) is 16.9 Å². The van der Waals surface area contributed by atoms with Gasteiger partial charge in [0.1, 0.15) is 5.75 Å². The highest BCUT2D eigenvalue weighted by atomic mass is 32.2. The maximum Gasteiger partial charge on any atom is 0.416 e. The summed E-state index contributed by atoms with van der Waals surface area (Å²) in [7, 11) is -1.91. The lowest BCUT2D eigenvalue weighted by Gasteiger charge is -2.15. The van der Waals surface area contributed by atoms with Gasteiger partial charge in [0, 0.05) is 17.3 Å². The lowest BCUT2D eigenvalue weighted by molar-refractivity contribution is -0.137. The second-order valence-electron chi connectivity index (χ2n) is 8.39. The molecule has 1 unspecified atom stereocenters. The molecule has 1 amide bonds. The Bertz CT molecular complexity index is 1370. The van der Waals surface area contributed by atoms with Crippen LogP contribution in [-0.4, -0.2) is 33.7 Å². The highest BCUT2D eigenvalue weighted by molar-refractivity contribution is 7.88. The number of methoxy groups -OCH3 is 1. The molecule has 1 aliphatic rings. The molecule has 4 rings (SSSR count). The van der Waals surface area contributed by atoms with Gasteiger partial charge in [-0.25, -0.2) is 13.1 Å². The molecule has 2 N–H and O–H groups in total. The minimum atomic E-state index is -4.47. The van der Waals surface area contributed by atoms with Crippen LogP contribution < -0.4 is 14.8 Å². The number of anilines is 1. The summed E-state index contributed by atoms with van der Waals surface area (Å²) < 4.78 is 70.1. The van der Waals surface area contributed by atoms with Gasteiger partial charge in [-0.2, -0.15) is 13.2 Å². The maximum absolute atomic E-state index is 13.2. The van der Waals surface area contributed by atoms with Crippen LogP contribution in [0.1, 0.15) is 27.0 Å². The van der Waals surface area contributed by atoms with Gasteiger partial charge >= 0.3 is 6.18 Å². The molecular formula is C25H23F3N2O4S. The topological polar surface area (TPSA) is 84.5 Å². The molecule has 0 heterocycles. The smallest absolute Gasteiger partial charge is 0.416 e. The van der Waals surface area contributed by atoms with Crippen molar-refractivity contribution < 1.29 is 31.1 Å². The third kappa shape index (κ3) is 5.66. The Kier molecular flexibility index (Phi) is 6.61. The molecule has 1 aliphatic carbocycles. The lowest BCUT2D eigenvalue weighted by atomic mass is 9.96. The zero-order valence-corrected chi connectivity index (χ0v) is 19.8. The van der Waals surface area contributed by atoms with E-state index in [4.69, 9.17) is 4.74 Å². The zero-order valence-electron chi connectivity index (χ0n) is 18.9. The number of fused-ring (bicyclic) bond motifs is 1. The van der Waals surface area contributed by atoms with Crippen LogP contribution >= 0.6 is 0 Å². The summed E-state index contributed by atoms with van der Waals surface area (Å²) in [6.45, 7) is 0. The number of hydrogen-bond acceptors (Lipinski definition) is 4. The number of carbonyl (C=O) groups excluding carboxylic acids is 1. The van der Waals surface area contributed by atoms with Gasteiger partial charge in [0.25, 0.3) is 5.91 Å². The quantitative estimate of drug-likeness (QED) is 0.512. The number of amides is 1. The summed E-state index contributed by atoms with van der Waals surface area (Å²) in [4.78, 5) is 13.2. The third-order valence-electron chi connectivity index (χ3n) is 5.77. The average Bonchev–Trinajstić information content (AvgIpc) is 3.17. The minimum absolute atomic E-state index is 0.237. The molecule has 0 bridgehead atoms. The molecule has 0 spiro atoms. The summed E-state index contributed by atoms with van der Waals surface area (Å²) in [5.74, 6) is -0.108. The van der Waals surface area contributed by atoms with Crippen molar-refractivity contribution in [1.29, 1.82) is 0 Å². The average molecular weight is 505 g/mol. The second kappa shape index (κ2) is 9.35. The van der Waals surface area contributed by atoms with Crippen LogP contribution in [-0.2, 0) is 29.0 Å². The Balaban J connectivity index is 1.60. The Morgan fingerprint density at radius 1 is 1.00 bits per heavy atom. The summed E-state index contributed by atoms with van der Waals surface area (Å²) in [6, 6.07) is 14.5. The summed E-state index contributed by atoms with van der Waals surface area (Å²) in [5, 5.41) is 2.83. The van der Waals surface area contributed by atoms with E-state index in [9.17, 15) is 26.4 Å². The van der Waals surface area contributed by atoms with Crippen molar-refractivity contribution in [2.24, 2.45) is 0 Å². The molecule has 6 nitrogen and oxygen atoms in total. The molecule has 0 saturated carbocycles. The fraction of sp³-hybridized carbons (Fsp3) is 0.240. The predicted molar refractivity (Wildman–Crippen MR) is 127 cm³/mol. The van der Waals surface area contributed by atoms with Crippen molar-refractivity contribution >= 4 is 21.6 Å². The van der Waals surface area contributed by atoms with E-state index >= 15 is 0 Å². The number of ether oxygens (including phenoxy) is 1. The van der Waals surface area contributed by atoms with E-state index in [0.717, 1.165) is 29.5 Å². The molecular weight excluding hydrogens is 481 g/mol. The third-order valence-corrected chi connectivity index (χ3v) is 6.53. The second-order valence-corrected chi connectivity index (χ2v) is 10.2. The van der Waals surface area contributed by atoms with Gasteiger partial charge in [0.15, 0.2) is 0 Å². The Morgan fingerprint density at radius 3 is 2.31 bits per heavy atom. The number of halogens is 3. The number of rotatable bonds is 6. The number of alkyl halides is 3. The van der Waals surface area contributed by atoms with Crippen molar-refractivity contribution in [3.63, 3.8) is 0 Å². The minimum Gasteiger partial charge on any atom is -0.496 e. The van der Waals surface area contributed by atoms with E-state index in [1.54, 1.807) is 30.3 Å².